The minimum Gasteiger partial charge on any atom is -0.496 e. The van der Waals surface area contributed by atoms with E-state index in [9.17, 15) is 29.1 Å². The molecular formula is C28H36FN3O6. The molecule has 0 unspecified atom stereocenters. The smallest absolute Gasteiger partial charge is 0.309 e. The highest BCUT2D eigenvalue weighted by Gasteiger charge is 2.51. The molecule has 0 saturated heterocycles. The van der Waals surface area contributed by atoms with Crippen LogP contribution in [0.2, 0.25) is 0 Å². The first-order valence-electron chi connectivity index (χ1n) is 13.4. The van der Waals surface area contributed by atoms with Gasteiger partial charge in [-0.05, 0) is 76.2 Å². The third-order valence-electron chi connectivity index (χ3n) is 8.64. The maximum atomic E-state index is 13.5. The zero-order valence-electron chi connectivity index (χ0n) is 21.9. The van der Waals surface area contributed by atoms with E-state index in [2.05, 4.69) is 16.7 Å². The number of rotatable bonds is 10. The Balaban J connectivity index is 1.51. The second-order valence-electron chi connectivity index (χ2n) is 11.0. The van der Waals surface area contributed by atoms with Crippen LogP contribution in [0.15, 0.2) is 12.1 Å². The van der Waals surface area contributed by atoms with E-state index in [4.69, 9.17) is 9.47 Å². The normalized spacial score (nSPS) is 29.8. The molecule has 38 heavy (non-hydrogen) atoms. The van der Waals surface area contributed by atoms with Crippen molar-refractivity contribution in [2.45, 2.75) is 70.4 Å². The molecule has 0 spiro atoms. The highest BCUT2D eigenvalue weighted by Crippen LogP contribution is 2.49. The van der Waals surface area contributed by atoms with Gasteiger partial charge in [-0.25, -0.2) is 0 Å². The highest BCUT2D eigenvalue weighted by molar-refractivity contribution is 5.98. The highest BCUT2D eigenvalue weighted by atomic mass is 19.1. The molecule has 3 aliphatic carbocycles. The number of ether oxygens (including phenoxy) is 2. The van der Waals surface area contributed by atoms with Gasteiger partial charge in [0.05, 0.1) is 42.3 Å². The number of nitrogens with zero attached hydrogens (tertiary/aromatic N) is 1. The van der Waals surface area contributed by atoms with Crippen LogP contribution in [0.4, 0.5) is 4.39 Å². The van der Waals surface area contributed by atoms with E-state index in [1.165, 1.54) is 19.2 Å². The number of carboxylic acid groups (broad SMARTS) is 1. The van der Waals surface area contributed by atoms with Crippen molar-refractivity contribution in [3.8, 4) is 17.6 Å². The van der Waals surface area contributed by atoms with E-state index >= 15 is 0 Å². The van der Waals surface area contributed by atoms with Crippen LogP contribution in [-0.2, 0) is 9.59 Å². The average molecular weight is 530 g/mol. The van der Waals surface area contributed by atoms with Crippen LogP contribution < -0.4 is 20.1 Å². The fourth-order valence-corrected chi connectivity index (χ4v) is 6.33. The largest absolute Gasteiger partial charge is 0.496 e. The van der Waals surface area contributed by atoms with Crippen LogP contribution in [0.1, 0.15) is 74.2 Å². The number of methoxy groups -OCH3 is 1. The molecule has 9 nitrogen and oxygen atoms in total. The Morgan fingerprint density at radius 3 is 2.50 bits per heavy atom. The third-order valence-corrected chi connectivity index (χ3v) is 8.64. The summed E-state index contributed by atoms with van der Waals surface area (Å²) >= 11 is 0. The molecule has 3 fully saturated rings. The summed E-state index contributed by atoms with van der Waals surface area (Å²) in [6, 6.07) is 4.72. The standard InChI is InChI=1S/C28H36FN3O6/c1-28(27(35)36)8-6-19(7-9-28)38-21-14-20(22(37-2)13-18(21)15-30)25(33)32-24-17-5-4-16(12-17)23(24)26(34)31-11-3-10-29/h13-14,16-17,19,23-24H,3-12H2,1-2H3,(H,31,34)(H,32,33)(H,35,36)/t16-,17+,19-,23+,24-,28+/m1/s1. The van der Waals surface area contributed by atoms with Gasteiger partial charge in [0.25, 0.3) is 5.91 Å². The number of carboxylic acids is 1. The lowest BCUT2D eigenvalue weighted by Crippen LogP contribution is -2.50. The number of halogens is 1. The Morgan fingerprint density at radius 1 is 1.16 bits per heavy atom. The lowest BCUT2D eigenvalue weighted by Gasteiger charge is -2.34. The minimum absolute atomic E-state index is 0.155. The topological polar surface area (TPSA) is 138 Å². The van der Waals surface area contributed by atoms with Crippen molar-refractivity contribution >= 4 is 17.8 Å². The summed E-state index contributed by atoms with van der Waals surface area (Å²) in [6.45, 7) is 1.49. The fourth-order valence-electron chi connectivity index (χ4n) is 6.33. The number of amides is 2. The number of benzene rings is 1. The number of alkyl halides is 1. The molecule has 4 atom stereocenters. The molecule has 2 bridgehead atoms. The number of fused-ring (bicyclic) bond motifs is 2. The summed E-state index contributed by atoms with van der Waals surface area (Å²) in [6.07, 6.45) is 4.65. The predicted molar refractivity (Wildman–Crippen MR) is 136 cm³/mol. The van der Waals surface area contributed by atoms with Crippen molar-refractivity contribution in [1.82, 2.24) is 10.6 Å². The van der Waals surface area contributed by atoms with Crippen LogP contribution in [0.3, 0.4) is 0 Å². The molecule has 1 aromatic rings. The molecule has 1 aromatic carbocycles. The summed E-state index contributed by atoms with van der Waals surface area (Å²) in [5, 5.41) is 25.1. The number of nitriles is 1. The van der Waals surface area contributed by atoms with Crippen LogP contribution in [-0.4, -0.2) is 55.4 Å². The molecular weight excluding hydrogens is 493 g/mol. The van der Waals surface area contributed by atoms with Crippen molar-refractivity contribution in [2.24, 2.45) is 23.2 Å². The summed E-state index contributed by atoms with van der Waals surface area (Å²) in [5.41, 5.74) is -0.375. The van der Waals surface area contributed by atoms with E-state index in [-0.39, 0.29) is 71.4 Å². The summed E-state index contributed by atoms with van der Waals surface area (Å²) in [4.78, 5) is 38.0. The number of nitrogens with one attached hydrogen (secondary N) is 2. The second-order valence-corrected chi connectivity index (χ2v) is 11.0. The zero-order chi connectivity index (χ0) is 27.4. The predicted octanol–water partition coefficient (Wildman–Crippen LogP) is 3.60. The average Bonchev–Trinajstić information content (AvgIpc) is 3.52. The molecule has 2 amide bonds. The lowest BCUT2D eigenvalue weighted by molar-refractivity contribution is -0.150. The van der Waals surface area contributed by atoms with E-state index < -0.39 is 24.0 Å². The van der Waals surface area contributed by atoms with Gasteiger partial charge in [-0.2, -0.15) is 5.26 Å². The summed E-state index contributed by atoms with van der Waals surface area (Å²) in [5.74, 6) is -0.937. The van der Waals surface area contributed by atoms with Gasteiger partial charge in [0, 0.05) is 18.7 Å². The quantitative estimate of drug-likeness (QED) is 0.394. The molecule has 3 N–H and O–H groups in total. The van der Waals surface area contributed by atoms with E-state index in [0.717, 1.165) is 19.3 Å². The van der Waals surface area contributed by atoms with E-state index in [0.29, 0.717) is 25.7 Å². The van der Waals surface area contributed by atoms with Crippen molar-refractivity contribution in [3.63, 3.8) is 0 Å². The molecule has 3 saturated carbocycles. The SMILES string of the molecule is COc1cc(C#N)c(O[C@H]2CC[C@@](C)(C(=O)O)CC2)cc1C(=O)N[C@@H]1[C@H]2CC[C@H](C2)[C@@H]1C(=O)NCCCF. The van der Waals surface area contributed by atoms with Gasteiger partial charge in [0.1, 0.15) is 17.6 Å². The summed E-state index contributed by atoms with van der Waals surface area (Å²) in [7, 11) is 1.42. The van der Waals surface area contributed by atoms with E-state index in [1.54, 1.807) is 6.92 Å². The van der Waals surface area contributed by atoms with Crippen molar-refractivity contribution in [3.05, 3.63) is 23.3 Å². The second kappa shape index (κ2) is 11.6. The van der Waals surface area contributed by atoms with Crippen LogP contribution >= 0.6 is 0 Å². The van der Waals surface area contributed by atoms with Gasteiger partial charge < -0.3 is 25.2 Å². The number of carbonyl (C=O) groups is 3. The first kappa shape index (κ1) is 27.7. The maximum Gasteiger partial charge on any atom is 0.309 e. The van der Waals surface area contributed by atoms with Crippen molar-refractivity contribution < 1.29 is 33.4 Å². The Hall–Kier alpha value is -3.35. The third kappa shape index (κ3) is 5.57. The Labute approximate surface area is 222 Å². The monoisotopic (exact) mass is 529 g/mol. The van der Waals surface area contributed by atoms with Gasteiger partial charge in [0.2, 0.25) is 5.91 Å². The van der Waals surface area contributed by atoms with Gasteiger partial charge in [-0.1, -0.05) is 0 Å². The minimum atomic E-state index is -0.827. The van der Waals surface area contributed by atoms with Gasteiger partial charge >= 0.3 is 5.97 Å². The van der Waals surface area contributed by atoms with Gasteiger partial charge in [-0.3, -0.25) is 18.8 Å². The Kier molecular flexibility index (Phi) is 8.44. The number of hydrogen-bond donors (Lipinski definition) is 3. The van der Waals surface area contributed by atoms with Crippen LogP contribution in [0.5, 0.6) is 11.5 Å². The molecule has 10 heteroatoms. The fraction of sp³-hybridized carbons (Fsp3) is 0.643. The molecule has 0 heterocycles. The van der Waals surface area contributed by atoms with Gasteiger partial charge in [0.15, 0.2) is 0 Å². The van der Waals surface area contributed by atoms with Crippen molar-refractivity contribution in [1.29, 1.82) is 5.26 Å². The van der Waals surface area contributed by atoms with Crippen LogP contribution in [0, 0.1) is 34.5 Å². The summed E-state index contributed by atoms with van der Waals surface area (Å²) < 4.78 is 24.1. The first-order chi connectivity index (χ1) is 18.2. The number of carbonyl (C=O) groups excluding carboxylic acids is 2. The van der Waals surface area contributed by atoms with Crippen molar-refractivity contribution in [2.75, 3.05) is 20.3 Å². The number of aliphatic carboxylic acids is 1. The van der Waals surface area contributed by atoms with Crippen LogP contribution in [0.25, 0.3) is 0 Å². The number of hydrogen-bond acceptors (Lipinski definition) is 6. The Morgan fingerprint density at radius 2 is 1.87 bits per heavy atom. The first-order valence-corrected chi connectivity index (χ1v) is 13.4. The molecule has 0 aliphatic heterocycles. The maximum absolute atomic E-state index is 13.5. The molecule has 0 aromatic heterocycles. The molecule has 206 valence electrons. The molecule has 0 radical (unpaired) electrons. The van der Waals surface area contributed by atoms with E-state index in [1.807, 2.05) is 0 Å². The van der Waals surface area contributed by atoms with Gasteiger partial charge in [-0.15, -0.1) is 0 Å². The molecule has 4 rings (SSSR count). The molecule has 3 aliphatic rings. The lowest BCUT2D eigenvalue weighted by atomic mass is 9.75. The Bertz CT molecular complexity index is 1110. The zero-order valence-corrected chi connectivity index (χ0v) is 21.9.